The van der Waals surface area contributed by atoms with E-state index in [1.165, 1.54) is 44.1 Å². The number of benzene rings is 1. The number of ether oxygens (including phenoxy) is 2. The molecule has 27 heavy (non-hydrogen) atoms. The van der Waals surface area contributed by atoms with Crippen LogP contribution in [0.25, 0.3) is 0 Å². The zero-order valence-electron chi connectivity index (χ0n) is 17.2. The van der Waals surface area contributed by atoms with Gasteiger partial charge in [0.25, 0.3) is 0 Å². The molecule has 1 aromatic carbocycles. The van der Waals surface area contributed by atoms with Crippen molar-refractivity contribution >= 4 is 15.9 Å². The third kappa shape index (κ3) is 3.89. The van der Waals surface area contributed by atoms with E-state index in [0.717, 1.165) is 40.3 Å². The Labute approximate surface area is 172 Å². The van der Waals surface area contributed by atoms with Gasteiger partial charge < -0.3 is 14.8 Å². The van der Waals surface area contributed by atoms with Crippen molar-refractivity contribution in [3.63, 3.8) is 0 Å². The number of hydrogen-bond donors (Lipinski definition) is 1. The van der Waals surface area contributed by atoms with Crippen LogP contribution in [0.5, 0.6) is 11.5 Å². The van der Waals surface area contributed by atoms with Gasteiger partial charge in [-0.3, -0.25) is 0 Å². The normalized spacial score (nSPS) is 32.7. The molecule has 4 saturated carbocycles. The molecule has 4 heteroatoms. The van der Waals surface area contributed by atoms with Gasteiger partial charge in [-0.15, -0.1) is 0 Å². The second-order valence-corrected chi connectivity index (χ2v) is 10.6. The lowest BCUT2D eigenvalue weighted by atomic mass is 9.48. The lowest BCUT2D eigenvalue weighted by molar-refractivity contribution is -0.0707. The molecule has 0 aliphatic heterocycles. The summed E-state index contributed by atoms with van der Waals surface area (Å²) in [5.74, 6) is 4.65. The van der Waals surface area contributed by atoms with Crippen LogP contribution >= 0.6 is 15.9 Å². The zero-order chi connectivity index (χ0) is 19.2. The molecule has 4 aliphatic rings. The first-order chi connectivity index (χ1) is 12.9. The van der Waals surface area contributed by atoms with Gasteiger partial charge in [-0.2, -0.15) is 0 Å². The van der Waals surface area contributed by atoms with E-state index in [-0.39, 0.29) is 6.10 Å². The van der Waals surface area contributed by atoms with E-state index in [4.69, 9.17) is 9.47 Å². The van der Waals surface area contributed by atoms with Crippen molar-refractivity contribution in [1.82, 2.24) is 5.32 Å². The minimum Gasteiger partial charge on any atom is -0.493 e. The summed E-state index contributed by atoms with van der Waals surface area (Å²) < 4.78 is 12.7. The van der Waals surface area contributed by atoms with Gasteiger partial charge in [-0.25, -0.2) is 0 Å². The summed E-state index contributed by atoms with van der Waals surface area (Å²) in [5.41, 5.74) is 1.69. The third-order valence-corrected chi connectivity index (χ3v) is 7.73. The maximum Gasteiger partial charge on any atom is 0.166 e. The first-order valence-corrected chi connectivity index (χ1v) is 11.4. The zero-order valence-corrected chi connectivity index (χ0v) is 18.8. The topological polar surface area (TPSA) is 30.5 Å². The Morgan fingerprint density at radius 1 is 1.07 bits per heavy atom. The molecule has 5 rings (SSSR count). The van der Waals surface area contributed by atoms with Crippen LogP contribution in [-0.2, 0) is 6.54 Å². The fourth-order valence-electron chi connectivity index (χ4n) is 6.46. The number of nitrogens with one attached hydrogen (secondary N) is 1. The third-order valence-electron chi connectivity index (χ3n) is 7.27. The first kappa shape index (κ1) is 19.6. The molecule has 0 spiro atoms. The molecule has 0 saturated heterocycles. The smallest absolute Gasteiger partial charge is 0.166 e. The van der Waals surface area contributed by atoms with Crippen molar-refractivity contribution in [3.05, 3.63) is 22.2 Å². The number of hydrogen-bond acceptors (Lipinski definition) is 3. The van der Waals surface area contributed by atoms with E-state index in [0.29, 0.717) is 11.5 Å². The summed E-state index contributed by atoms with van der Waals surface area (Å²) in [6, 6.07) is 4.70. The Bertz CT molecular complexity index is 652. The highest BCUT2D eigenvalue weighted by Crippen LogP contribution is 2.61. The summed E-state index contributed by atoms with van der Waals surface area (Å²) in [4.78, 5) is 0. The number of halogens is 1. The standard InChI is InChI=1S/C23H34BrNO2/c1-14(2)27-22-19(8-20(24)9-21(22)26-4)13-25-15(3)23-10-16-5-17(11-23)7-18(6-16)12-23/h8-9,14-18,25H,5-7,10-13H2,1-4H3. The predicted octanol–water partition coefficient (Wildman–Crippen LogP) is 5.94. The number of rotatable bonds is 7. The molecule has 1 unspecified atom stereocenters. The molecule has 0 heterocycles. The van der Waals surface area contributed by atoms with E-state index in [1.54, 1.807) is 7.11 Å². The van der Waals surface area contributed by atoms with Crippen LogP contribution in [0.3, 0.4) is 0 Å². The lowest BCUT2D eigenvalue weighted by Gasteiger charge is -2.59. The van der Waals surface area contributed by atoms with E-state index in [2.05, 4.69) is 48.1 Å². The SMILES string of the molecule is COc1cc(Br)cc(CNC(C)C23CC4CC(CC(C4)C2)C3)c1OC(C)C. The van der Waals surface area contributed by atoms with Gasteiger partial charge >= 0.3 is 0 Å². The van der Waals surface area contributed by atoms with Crippen molar-refractivity contribution < 1.29 is 9.47 Å². The quantitative estimate of drug-likeness (QED) is 0.574. The second kappa shape index (κ2) is 7.59. The molecular formula is C23H34BrNO2. The summed E-state index contributed by atoms with van der Waals surface area (Å²) in [5, 5.41) is 3.89. The van der Waals surface area contributed by atoms with Crippen molar-refractivity contribution in [2.75, 3.05) is 7.11 Å². The summed E-state index contributed by atoms with van der Waals surface area (Å²) in [6.07, 6.45) is 8.93. The summed E-state index contributed by atoms with van der Waals surface area (Å²) in [7, 11) is 1.71. The molecule has 0 radical (unpaired) electrons. The molecule has 1 aromatic rings. The Morgan fingerprint density at radius 3 is 2.19 bits per heavy atom. The largest absolute Gasteiger partial charge is 0.493 e. The average Bonchev–Trinajstić information content (AvgIpc) is 2.59. The van der Waals surface area contributed by atoms with Crippen LogP contribution in [-0.4, -0.2) is 19.3 Å². The molecule has 0 amide bonds. The number of methoxy groups -OCH3 is 1. The van der Waals surface area contributed by atoms with Crippen LogP contribution in [0.4, 0.5) is 0 Å². The van der Waals surface area contributed by atoms with Crippen molar-refractivity contribution in [3.8, 4) is 11.5 Å². The molecule has 1 N–H and O–H groups in total. The van der Waals surface area contributed by atoms with Crippen molar-refractivity contribution in [1.29, 1.82) is 0 Å². The lowest BCUT2D eigenvalue weighted by Crippen LogP contribution is -2.54. The van der Waals surface area contributed by atoms with Gasteiger partial charge in [0.2, 0.25) is 0 Å². The highest BCUT2D eigenvalue weighted by atomic mass is 79.9. The van der Waals surface area contributed by atoms with Crippen LogP contribution in [0.2, 0.25) is 0 Å². The molecule has 3 nitrogen and oxygen atoms in total. The fraction of sp³-hybridized carbons (Fsp3) is 0.739. The predicted molar refractivity (Wildman–Crippen MR) is 113 cm³/mol. The molecule has 4 bridgehead atoms. The highest BCUT2D eigenvalue weighted by Gasteiger charge is 2.52. The fourth-order valence-corrected chi connectivity index (χ4v) is 6.95. The van der Waals surface area contributed by atoms with Gasteiger partial charge in [0.15, 0.2) is 11.5 Å². The molecule has 150 valence electrons. The maximum atomic E-state index is 6.12. The Kier molecular flexibility index (Phi) is 5.50. The molecule has 1 atom stereocenters. The average molecular weight is 436 g/mol. The first-order valence-electron chi connectivity index (χ1n) is 10.6. The Morgan fingerprint density at radius 2 is 1.67 bits per heavy atom. The van der Waals surface area contributed by atoms with E-state index >= 15 is 0 Å². The van der Waals surface area contributed by atoms with Crippen molar-refractivity contribution in [2.24, 2.45) is 23.2 Å². The molecule has 4 aliphatic carbocycles. The van der Waals surface area contributed by atoms with Gasteiger partial charge in [0.1, 0.15) is 0 Å². The summed E-state index contributed by atoms with van der Waals surface area (Å²) in [6.45, 7) is 7.37. The van der Waals surface area contributed by atoms with Gasteiger partial charge in [-0.1, -0.05) is 15.9 Å². The Balaban J connectivity index is 1.50. The van der Waals surface area contributed by atoms with E-state index in [9.17, 15) is 0 Å². The van der Waals surface area contributed by atoms with Gasteiger partial charge in [0, 0.05) is 22.6 Å². The summed E-state index contributed by atoms with van der Waals surface area (Å²) >= 11 is 3.63. The van der Waals surface area contributed by atoms with E-state index < -0.39 is 0 Å². The molecule has 4 fully saturated rings. The minimum atomic E-state index is 0.124. The van der Waals surface area contributed by atoms with Crippen LogP contribution in [0, 0.1) is 23.2 Å². The Hall–Kier alpha value is -0.740. The minimum absolute atomic E-state index is 0.124. The molecular weight excluding hydrogens is 402 g/mol. The maximum absolute atomic E-state index is 6.12. The van der Waals surface area contributed by atoms with Crippen molar-refractivity contribution in [2.45, 2.75) is 78.0 Å². The van der Waals surface area contributed by atoms with Crippen LogP contribution in [0.1, 0.15) is 64.9 Å². The highest BCUT2D eigenvalue weighted by molar-refractivity contribution is 9.10. The monoisotopic (exact) mass is 435 g/mol. The van der Waals surface area contributed by atoms with Crippen LogP contribution < -0.4 is 14.8 Å². The second-order valence-electron chi connectivity index (χ2n) is 9.65. The van der Waals surface area contributed by atoms with Gasteiger partial charge in [-0.05, 0) is 94.6 Å². The van der Waals surface area contributed by atoms with Crippen LogP contribution in [0.15, 0.2) is 16.6 Å². The molecule has 0 aromatic heterocycles. The van der Waals surface area contributed by atoms with Gasteiger partial charge in [0.05, 0.1) is 13.2 Å². The van der Waals surface area contributed by atoms with E-state index in [1.807, 2.05) is 6.07 Å².